The smallest absolute Gasteiger partial charge is 0.387 e. The number of pyridine rings is 1. The second-order valence-electron chi connectivity index (χ2n) is 2.22. The molecule has 1 rings (SSSR count). The molecule has 1 aromatic rings. The zero-order valence-electron chi connectivity index (χ0n) is 6.43. The number of carbonyl (C=O) groups is 1. The third-order valence-corrected chi connectivity index (χ3v) is 1.41. The lowest BCUT2D eigenvalue weighted by Gasteiger charge is -1.99. The summed E-state index contributed by atoms with van der Waals surface area (Å²) in [4.78, 5) is 23.6. The summed E-state index contributed by atoms with van der Waals surface area (Å²) in [5.74, 6) is -1.38. The molecule has 0 radical (unpaired) electrons. The Morgan fingerprint density at radius 2 is 2.23 bits per heavy atom. The van der Waals surface area contributed by atoms with Gasteiger partial charge in [0.1, 0.15) is 11.9 Å². The second kappa shape index (κ2) is 3.05. The molecule has 0 saturated carbocycles. The summed E-state index contributed by atoms with van der Waals surface area (Å²) in [6.45, 7) is 0. The Morgan fingerprint density at radius 1 is 1.62 bits per heavy atom. The SMILES string of the molecule is NC(=O)c1ccnc([N+](=O)[O-])c1N. The number of nitrogens with two attached hydrogens (primary N) is 2. The lowest BCUT2D eigenvalue weighted by atomic mass is 10.2. The fourth-order valence-corrected chi connectivity index (χ4v) is 0.823. The molecule has 0 bridgehead atoms. The minimum Gasteiger partial charge on any atom is -0.391 e. The quantitative estimate of drug-likeness (QED) is 0.478. The zero-order chi connectivity index (χ0) is 10.0. The van der Waals surface area contributed by atoms with Gasteiger partial charge in [0.25, 0.3) is 5.91 Å². The Labute approximate surface area is 72.5 Å². The molecule has 0 atom stereocenters. The summed E-state index contributed by atoms with van der Waals surface area (Å²) in [6, 6.07) is 1.23. The van der Waals surface area contributed by atoms with Crippen molar-refractivity contribution in [1.82, 2.24) is 4.98 Å². The van der Waals surface area contributed by atoms with Crippen LogP contribution in [0.15, 0.2) is 12.3 Å². The van der Waals surface area contributed by atoms with Crippen molar-refractivity contribution < 1.29 is 9.72 Å². The lowest BCUT2D eigenvalue weighted by Crippen LogP contribution is -2.14. The molecular formula is C6H6N4O3. The molecule has 7 heteroatoms. The van der Waals surface area contributed by atoms with Crippen LogP contribution in [0, 0.1) is 10.1 Å². The summed E-state index contributed by atoms with van der Waals surface area (Å²) in [6.07, 6.45) is 1.11. The molecule has 1 heterocycles. The summed E-state index contributed by atoms with van der Waals surface area (Å²) >= 11 is 0. The van der Waals surface area contributed by atoms with E-state index < -0.39 is 16.6 Å². The maximum absolute atomic E-state index is 10.7. The molecule has 0 aliphatic carbocycles. The van der Waals surface area contributed by atoms with Gasteiger partial charge in [-0.05, 0) is 16.0 Å². The monoisotopic (exact) mass is 182 g/mol. The summed E-state index contributed by atoms with van der Waals surface area (Å²) in [5.41, 5.74) is 9.79. The van der Waals surface area contributed by atoms with Crippen molar-refractivity contribution in [3.63, 3.8) is 0 Å². The molecule has 7 nitrogen and oxygen atoms in total. The molecule has 0 aromatic carbocycles. The van der Waals surface area contributed by atoms with Gasteiger partial charge in [-0.1, -0.05) is 0 Å². The number of rotatable bonds is 2. The molecular weight excluding hydrogens is 176 g/mol. The number of nitro groups is 1. The molecule has 68 valence electrons. The van der Waals surface area contributed by atoms with Gasteiger partial charge in [-0.15, -0.1) is 0 Å². The minimum absolute atomic E-state index is 0.0956. The average Bonchev–Trinajstić information content (AvgIpc) is 2.03. The van der Waals surface area contributed by atoms with Crippen LogP contribution in [0.25, 0.3) is 0 Å². The first kappa shape index (κ1) is 8.91. The lowest BCUT2D eigenvalue weighted by molar-refractivity contribution is -0.388. The number of carbonyl (C=O) groups excluding carboxylic acids is 1. The third kappa shape index (κ3) is 1.53. The van der Waals surface area contributed by atoms with E-state index in [1.165, 1.54) is 6.07 Å². The number of amides is 1. The van der Waals surface area contributed by atoms with Gasteiger partial charge in [0.2, 0.25) is 0 Å². The van der Waals surface area contributed by atoms with Crippen molar-refractivity contribution in [3.05, 3.63) is 27.9 Å². The van der Waals surface area contributed by atoms with Gasteiger partial charge in [-0.2, -0.15) is 0 Å². The van der Waals surface area contributed by atoms with Crippen LogP contribution in [0.1, 0.15) is 10.4 Å². The highest BCUT2D eigenvalue weighted by Gasteiger charge is 2.18. The van der Waals surface area contributed by atoms with Gasteiger partial charge >= 0.3 is 5.82 Å². The average molecular weight is 182 g/mol. The number of aromatic nitrogens is 1. The molecule has 4 N–H and O–H groups in total. The number of hydrogen-bond donors (Lipinski definition) is 2. The van der Waals surface area contributed by atoms with Crippen LogP contribution >= 0.6 is 0 Å². The molecule has 0 aliphatic heterocycles. The first-order valence-electron chi connectivity index (χ1n) is 3.22. The van der Waals surface area contributed by atoms with Crippen molar-refractivity contribution in [1.29, 1.82) is 0 Å². The van der Waals surface area contributed by atoms with E-state index >= 15 is 0 Å². The van der Waals surface area contributed by atoms with Crippen molar-refractivity contribution >= 4 is 17.4 Å². The normalized spacial score (nSPS) is 9.54. The molecule has 13 heavy (non-hydrogen) atoms. The zero-order valence-corrected chi connectivity index (χ0v) is 6.43. The predicted molar refractivity (Wildman–Crippen MR) is 43.8 cm³/mol. The van der Waals surface area contributed by atoms with Crippen LogP contribution in [-0.4, -0.2) is 15.8 Å². The number of hydrogen-bond acceptors (Lipinski definition) is 5. The van der Waals surface area contributed by atoms with Crippen LogP contribution in [0.5, 0.6) is 0 Å². The van der Waals surface area contributed by atoms with E-state index in [0.717, 1.165) is 6.20 Å². The molecule has 0 spiro atoms. The number of primary amides is 1. The molecule has 1 amide bonds. The Bertz CT molecular complexity index is 344. The van der Waals surface area contributed by atoms with Gasteiger partial charge in [-0.3, -0.25) is 4.79 Å². The third-order valence-electron chi connectivity index (χ3n) is 1.41. The van der Waals surface area contributed by atoms with Crippen molar-refractivity contribution in [2.24, 2.45) is 5.73 Å². The van der Waals surface area contributed by atoms with E-state index in [1.54, 1.807) is 0 Å². The Kier molecular flexibility index (Phi) is 2.09. The molecule has 0 unspecified atom stereocenters. The van der Waals surface area contributed by atoms with Gasteiger partial charge in [0.05, 0.1) is 5.56 Å². The maximum Gasteiger partial charge on any atom is 0.387 e. The summed E-state index contributed by atoms with van der Waals surface area (Å²) in [5, 5.41) is 10.3. The van der Waals surface area contributed by atoms with Crippen molar-refractivity contribution in [3.8, 4) is 0 Å². The highest BCUT2D eigenvalue weighted by molar-refractivity contribution is 5.99. The van der Waals surface area contributed by atoms with Gasteiger partial charge in [0.15, 0.2) is 0 Å². The fraction of sp³-hybridized carbons (Fsp3) is 0. The van der Waals surface area contributed by atoms with Crippen LogP contribution in [0.2, 0.25) is 0 Å². The van der Waals surface area contributed by atoms with E-state index in [2.05, 4.69) is 4.98 Å². The molecule has 0 aliphatic rings. The largest absolute Gasteiger partial charge is 0.391 e. The van der Waals surface area contributed by atoms with E-state index in [4.69, 9.17) is 11.5 Å². The number of nitrogens with zero attached hydrogens (tertiary/aromatic N) is 2. The highest BCUT2D eigenvalue weighted by Crippen LogP contribution is 2.20. The van der Waals surface area contributed by atoms with E-state index in [0.29, 0.717) is 0 Å². The number of anilines is 1. The second-order valence-corrected chi connectivity index (χ2v) is 2.22. The standard InChI is InChI=1S/C6H6N4O3/c7-4-3(5(8)11)1-2-9-6(4)10(12)13/h1-2H,7H2,(H2,8,11). The number of nitrogen functional groups attached to an aromatic ring is 1. The Hall–Kier alpha value is -2.18. The van der Waals surface area contributed by atoms with Gasteiger partial charge in [0, 0.05) is 0 Å². The van der Waals surface area contributed by atoms with E-state index in [-0.39, 0.29) is 11.3 Å². The minimum atomic E-state index is -0.817. The summed E-state index contributed by atoms with van der Waals surface area (Å²) < 4.78 is 0. The van der Waals surface area contributed by atoms with E-state index in [1.807, 2.05) is 0 Å². The Morgan fingerprint density at radius 3 is 2.69 bits per heavy atom. The van der Waals surface area contributed by atoms with Gasteiger partial charge < -0.3 is 21.6 Å². The molecule has 0 fully saturated rings. The van der Waals surface area contributed by atoms with Gasteiger partial charge in [-0.25, -0.2) is 0 Å². The topological polar surface area (TPSA) is 125 Å². The van der Waals surface area contributed by atoms with Crippen LogP contribution in [-0.2, 0) is 0 Å². The molecule has 1 aromatic heterocycles. The van der Waals surface area contributed by atoms with Crippen LogP contribution in [0.4, 0.5) is 11.5 Å². The molecule has 0 saturated heterocycles. The van der Waals surface area contributed by atoms with Crippen LogP contribution < -0.4 is 11.5 Å². The fourth-order valence-electron chi connectivity index (χ4n) is 0.823. The van der Waals surface area contributed by atoms with E-state index in [9.17, 15) is 14.9 Å². The van der Waals surface area contributed by atoms with Crippen molar-refractivity contribution in [2.45, 2.75) is 0 Å². The Balaban J connectivity index is 3.35. The first-order valence-corrected chi connectivity index (χ1v) is 3.22. The maximum atomic E-state index is 10.7. The van der Waals surface area contributed by atoms with Crippen molar-refractivity contribution in [2.75, 3.05) is 5.73 Å². The predicted octanol–water partition coefficient (Wildman–Crippen LogP) is -0.329. The highest BCUT2D eigenvalue weighted by atomic mass is 16.6. The summed E-state index contributed by atoms with van der Waals surface area (Å²) in [7, 11) is 0. The first-order chi connectivity index (χ1) is 6.04. The van der Waals surface area contributed by atoms with Crippen LogP contribution in [0.3, 0.4) is 0 Å².